The van der Waals surface area contributed by atoms with Gasteiger partial charge in [0.15, 0.2) is 0 Å². The molecule has 2 aromatic rings. The first-order valence-corrected chi connectivity index (χ1v) is 11.3. The normalized spacial score (nSPS) is 23.1. The first-order chi connectivity index (χ1) is 14.6. The summed E-state index contributed by atoms with van der Waals surface area (Å²) in [7, 11) is 0. The van der Waals surface area contributed by atoms with Crippen LogP contribution in [0.2, 0.25) is 0 Å². The van der Waals surface area contributed by atoms with E-state index in [1.165, 1.54) is 44.2 Å². The third-order valence-corrected chi connectivity index (χ3v) is 7.25. The molecule has 1 aromatic carbocycles. The summed E-state index contributed by atoms with van der Waals surface area (Å²) in [5.41, 5.74) is 1.01. The zero-order chi connectivity index (χ0) is 20.6. The third-order valence-electron chi connectivity index (χ3n) is 7.25. The Hall–Kier alpha value is -2.44. The number of urea groups is 1. The zero-order valence-corrected chi connectivity index (χ0v) is 17.4. The average Bonchev–Trinajstić information content (AvgIpc) is 3.34. The van der Waals surface area contributed by atoms with E-state index >= 15 is 0 Å². The highest BCUT2D eigenvalue weighted by molar-refractivity contribution is 5.74. The fourth-order valence-electron chi connectivity index (χ4n) is 5.39. The molecule has 2 amide bonds. The molecule has 7 heteroatoms. The van der Waals surface area contributed by atoms with E-state index < -0.39 is 0 Å². The van der Waals surface area contributed by atoms with Crippen molar-refractivity contribution in [3.05, 3.63) is 47.8 Å². The minimum Gasteiger partial charge on any atom is -0.334 e. The highest BCUT2D eigenvalue weighted by atomic mass is 19.1. The molecule has 1 unspecified atom stereocenters. The number of halogens is 1. The van der Waals surface area contributed by atoms with E-state index in [4.69, 9.17) is 0 Å². The van der Waals surface area contributed by atoms with Crippen LogP contribution in [-0.4, -0.2) is 38.8 Å². The number of carbonyl (C=O) groups is 1. The lowest BCUT2D eigenvalue weighted by Crippen LogP contribution is -2.40. The van der Waals surface area contributed by atoms with Crippen molar-refractivity contribution in [1.82, 2.24) is 25.0 Å². The van der Waals surface area contributed by atoms with Crippen LogP contribution in [0, 0.1) is 17.2 Å². The molecule has 1 aliphatic heterocycles. The van der Waals surface area contributed by atoms with E-state index in [0.29, 0.717) is 13.1 Å². The van der Waals surface area contributed by atoms with Crippen LogP contribution in [0.4, 0.5) is 9.18 Å². The lowest BCUT2D eigenvalue weighted by molar-refractivity contribution is 0.163. The maximum atomic E-state index is 13.1. The van der Waals surface area contributed by atoms with Crippen molar-refractivity contribution in [1.29, 1.82) is 0 Å². The fourth-order valence-corrected chi connectivity index (χ4v) is 5.39. The average molecular weight is 412 g/mol. The number of amides is 2. The van der Waals surface area contributed by atoms with Crippen LogP contribution in [-0.2, 0) is 13.1 Å². The molecule has 6 nitrogen and oxygen atoms in total. The Morgan fingerprint density at radius 1 is 1.17 bits per heavy atom. The summed E-state index contributed by atoms with van der Waals surface area (Å²) in [6, 6.07) is 6.24. The number of hydrogen-bond acceptors (Lipinski definition) is 3. The lowest BCUT2D eigenvalue weighted by Gasteiger charge is -2.37. The van der Waals surface area contributed by atoms with Gasteiger partial charge in [0.25, 0.3) is 0 Å². The predicted octanol–water partition coefficient (Wildman–Crippen LogP) is 4.09. The molecule has 0 radical (unpaired) electrons. The molecular formula is C23H30FN5O. The number of nitrogens with zero attached hydrogens (tertiary/aromatic N) is 4. The summed E-state index contributed by atoms with van der Waals surface area (Å²) in [5.74, 6) is 1.81. The van der Waals surface area contributed by atoms with Gasteiger partial charge in [-0.1, -0.05) is 31.4 Å². The second-order valence-corrected chi connectivity index (χ2v) is 9.43. The minimum atomic E-state index is -0.262. The van der Waals surface area contributed by atoms with Gasteiger partial charge in [-0.2, -0.15) is 0 Å². The van der Waals surface area contributed by atoms with Gasteiger partial charge in [-0.3, -0.25) is 0 Å². The number of nitrogens with one attached hydrogen (secondary N) is 1. The monoisotopic (exact) mass is 411 g/mol. The number of benzene rings is 1. The highest BCUT2D eigenvalue weighted by Crippen LogP contribution is 2.51. The second-order valence-electron chi connectivity index (χ2n) is 9.43. The topological polar surface area (TPSA) is 63.1 Å². The number of hydrogen-bond donors (Lipinski definition) is 1. The quantitative estimate of drug-likeness (QED) is 0.806. The summed E-state index contributed by atoms with van der Waals surface area (Å²) >= 11 is 0. The van der Waals surface area contributed by atoms with E-state index in [9.17, 15) is 9.18 Å². The van der Waals surface area contributed by atoms with Gasteiger partial charge < -0.3 is 14.8 Å². The van der Waals surface area contributed by atoms with E-state index in [1.54, 1.807) is 12.1 Å². The van der Waals surface area contributed by atoms with Crippen molar-refractivity contribution in [3.63, 3.8) is 0 Å². The molecule has 2 saturated carbocycles. The Labute approximate surface area is 176 Å². The Morgan fingerprint density at radius 2 is 1.93 bits per heavy atom. The third kappa shape index (κ3) is 3.94. The number of carbonyl (C=O) groups excluding carboxylic acids is 1. The van der Waals surface area contributed by atoms with Gasteiger partial charge in [0.1, 0.15) is 18.0 Å². The van der Waals surface area contributed by atoms with Gasteiger partial charge in [-0.15, -0.1) is 10.2 Å². The summed E-state index contributed by atoms with van der Waals surface area (Å²) in [5, 5.41) is 11.8. The van der Waals surface area contributed by atoms with Crippen LogP contribution in [0.25, 0.3) is 0 Å². The van der Waals surface area contributed by atoms with Crippen molar-refractivity contribution in [2.75, 3.05) is 13.1 Å². The molecule has 3 aliphatic rings. The number of rotatable bonds is 5. The van der Waals surface area contributed by atoms with Crippen molar-refractivity contribution < 1.29 is 9.18 Å². The number of aromatic nitrogens is 3. The van der Waals surface area contributed by atoms with E-state index in [-0.39, 0.29) is 23.2 Å². The van der Waals surface area contributed by atoms with E-state index in [2.05, 4.69) is 20.1 Å². The Balaban J connectivity index is 1.31. The summed E-state index contributed by atoms with van der Waals surface area (Å²) in [6.07, 6.45) is 10.5. The molecule has 2 heterocycles. The summed E-state index contributed by atoms with van der Waals surface area (Å²) in [6.45, 7) is 2.89. The van der Waals surface area contributed by atoms with Gasteiger partial charge in [-0.25, -0.2) is 9.18 Å². The van der Waals surface area contributed by atoms with Crippen molar-refractivity contribution in [2.45, 2.75) is 64.0 Å². The molecule has 3 fully saturated rings. The Morgan fingerprint density at radius 3 is 2.67 bits per heavy atom. The van der Waals surface area contributed by atoms with Gasteiger partial charge in [0.2, 0.25) is 0 Å². The van der Waals surface area contributed by atoms with Gasteiger partial charge >= 0.3 is 6.03 Å². The molecular weight excluding hydrogens is 381 g/mol. The molecule has 1 N–H and O–H groups in total. The van der Waals surface area contributed by atoms with Crippen LogP contribution in [0.5, 0.6) is 0 Å². The second kappa shape index (κ2) is 8.00. The number of likely N-dealkylation sites (tertiary alicyclic amines) is 1. The largest absolute Gasteiger partial charge is 0.334 e. The van der Waals surface area contributed by atoms with Gasteiger partial charge in [0.05, 0.1) is 0 Å². The molecule has 160 valence electrons. The lowest BCUT2D eigenvalue weighted by atomic mass is 9.67. The summed E-state index contributed by atoms with van der Waals surface area (Å²) < 4.78 is 15.4. The molecule has 1 atom stereocenters. The molecule has 1 saturated heterocycles. The van der Waals surface area contributed by atoms with E-state index in [1.807, 2.05) is 11.2 Å². The maximum absolute atomic E-state index is 13.1. The van der Waals surface area contributed by atoms with E-state index in [0.717, 1.165) is 43.2 Å². The Kier molecular flexibility index (Phi) is 5.21. The van der Waals surface area contributed by atoms with Crippen LogP contribution < -0.4 is 5.32 Å². The van der Waals surface area contributed by atoms with Gasteiger partial charge in [-0.05, 0) is 54.7 Å². The maximum Gasteiger partial charge on any atom is 0.317 e. The first-order valence-electron chi connectivity index (χ1n) is 11.3. The van der Waals surface area contributed by atoms with Crippen LogP contribution in [0.3, 0.4) is 0 Å². The fraction of sp³-hybridized carbons (Fsp3) is 0.609. The smallest absolute Gasteiger partial charge is 0.317 e. The molecule has 2 aliphatic carbocycles. The molecule has 1 aromatic heterocycles. The highest BCUT2D eigenvalue weighted by Gasteiger charge is 2.50. The molecule has 0 bridgehead atoms. The zero-order valence-electron chi connectivity index (χ0n) is 17.4. The van der Waals surface area contributed by atoms with Crippen molar-refractivity contribution in [2.24, 2.45) is 11.3 Å². The molecule has 30 heavy (non-hydrogen) atoms. The Bertz CT molecular complexity index is 885. The SMILES string of the molecule is O=C(NCc1ccc(F)cc1)N1CC(c2nncn2CC2CC2)C2(CCCCC2)C1. The predicted molar refractivity (Wildman–Crippen MR) is 111 cm³/mol. The van der Waals surface area contributed by atoms with Crippen molar-refractivity contribution >= 4 is 6.03 Å². The first kappa shape index (κ1) is 19.5. The van der Waals surface area contributed by atoms with Crippen LogP contribution >= 0.6 is 0 Å². The van der Waals surface area contributed by atoms with Crippen molar-refractivity contribution in [3.8, 4) is 0 Å². The van der Waals surface area contributed by atoms with Crippen LogP contribution in [0.1, 0.15) is 62.3 Å². The standard InChI is InChI=1S/C23H30FN5O/c24-19-8-6-17(7-9-19)12-25-22(30)28-14-20(23(15-28)10-2-1-3-11-23)21-27-26-16-29(21)13-18-4-5-18/h6-9,16,18,20H,1-5,10-15H2,(H,25,30). The molecule has 1 spiro atoms. The van der Waals surface area contributed by atoms with Crippen LogP contribution in [0.15, 0.2) is 30.6 Å². The molecule has 5 rings (SSSR count). The summed E-state index contributed by atoms with van der Waals surface area (Å²) in [4.78, 5) is 15.0. The minimum absolute atomic E-state index is 0.0416. The van der Waals surface area contributed by atoms with Gasteiger partial charge in [0, 0.05) is 32.1 Å².